The second kappa shape index (κ2) is 8.31. The fourth-order valence-corrected chi connectivity index (χ4v) is 1.65. The molecule has 1 unspecified atom stereocenters. The number of carbonyl (C=O) groups is 1. The maximum atomic E-state index is 12.3. The van der Waals surface area contributed by atoms with Crippen molar-refractivity contribution in [3.63, 3.8) is 0 Å². The lowest BCUT2D eigenvalue weighted by Crippen LogP contribution is -2.41. The van der Waals surface area contributed by atoms with Crippen LogP contribution in [0.1, 0.15) is 29.8 Å². The van der Waals surface area contributed by atoms with Gasteiger partial charge in [0.15, 0.2) is 0 Å². The minimum atomic E-state index is -0.256. The lowest BCUT2D eigenvalue weighted by molar-refractivity contribution is 0.0866. The smallest absolute Gasteiger partial charge is 0.252 e. The zero-order chi connectivity index (χ0) is 15.0. The Kier molecular flexibility index (Phi) is 6.71. The van der Waals surface area contributed by atoms with E-state index in [0.29, 0.717) is 17.7 Å². The minimum Gasteiger partial charge on any atom is -0.384 e. The molecule has 108 valence electrons. The van der Waals surface area contributed by atoms with Crippen molar-refractivity contribution in [2.45, 2.75) is 19.9 Å². The number of amides is 1. The Morgan fingerprint density at radius 2 is 2.30 bits per heavy atom. The van der Waals surface area contributed by atoms with Gasteiger partial charge in [0, 0.05) is 19.5 Å². The molecule has 20 heavy (non-hydrogen) atoms. The average Bonchev–Trinajstić information content (AvgIpc) is 2.44. The van der Waals surface area contributed by atoms with Crippen LogP contribution >= 0.6 is 0 Å². The van der Waals surface area contributed by atoms with Crippen LogP contribution in [-0.2, 0) is 4.74 Å². The quantitative estimate of drug-likeness (QED) is 0.781. The third-order valence-corrected chi connectivity index (χ3v) is 2.84. The number of rotatable bonds is 5. The Balaban J connectivity index is 2.91. The lowest BCUT2D eigenvalue weighted by Gasteiger charge is -2.21. The third-order valence-electron chi connectivity index (χ3n) is 2.84. The molecular formula is C15H20N2O3. The Labute approximate surface area is 119 Å². The van der Waals surface area contributed by atoms with Gasteiger partial charge >= 0.3 is 0 Å². The van der Waals surface area contributed by atoms with Crippen molar-refractivity contribution in [1.82, 2.24) is 10.3 Å². The van der Waals surface area contributed by atoms with Gasteiger partial charge in [-0.25, -0.2) is 0 Å². The second-order valence-electron chi connectivity index (χ2n) is 4.66. The Hall–Kier alpha value is -1.90. The molecule has 1 rings (SSSR count). The zero-order valence-electron chi connectivity index (χ0n) is 12.0. The first-order valence-corrected chi connectivity index (χ1v) is 6.43. The summed E-state index contributed by atoms with van der Waals surface area (Å²) in [6, 6.07) is 1.54. The fourth-order valence-electron chi connectivity index (χ4n) is 1.65. The summed E-state index contributed by atoms with van der Waals surface area (Å²) in [5.74, 6) is 5.29. The molecule has 2 N–H and O–H groups in total. The van der Waals surface area contributed by atoms with Gasteiger partial charge in [-0.05, 0) is 12.0 Å². The summed E-state index contributed by atoms with van der Waals surface area (Å²) in [5.41, 5.74) is 0.946. The highest BCUT2D eigenvalue weighted by Gasteiger charge is 2.18. The first-order chi connectivity index (χ1) is 9.60. The van der Waals surface area contributed by atoms with E-state index < -0.39 is 0 Å². The molecule has 1 aromatic rings. The molecule has 0 bridgehead atoms. The van der Waals surface area contributed by atoms with Crippen LogP contribution in [0.2, 0.25) is 0 Å². The van der Waals surface area contributed by atoms with Gasteiger partial charge in [0.05, 0.1) is 23.8 Å². The summed E-state index contributed by atoms with van der Waals surface area (Å²) in [6.07, 6.45) is 3.05. The molecule has 5 heteroatoms. The van der Waals surface area contributed by atoms with Crippen LogP contribution in [0.5, 0.6) is 0 Å². The summed E-state index contributed by atoms with van der Waals surface area (Å²) in [7, 11) is 1.60. The van der Waals surface area contributed by atoms with Crippen LogP contribution < -0.4 is 5.32 Å². The molecule has 1 amide bonds. The second-order valence-corrected chi connectivity index (χ2v) is 4.66. The van der Waals surface area contributed by atoms with Gasteiger partial charge in [0.1, 0.15) is 6.61 Å². The van der Waals surface area contributed by atoms with Gasteiger partial charge in [0.25, 0.3) is 5.91 Å². The van der Waals surface area contributed by atoms with Gasteiger partial charge in [-0.1, -0.05) is 25.7 Å². The maximum absolute atomic E-state index is 12.3. The van der Waals surface area contributed by atoms with E-state index >= 15 is 0 Å². The Bertz CT molecular complexity index is 503. The molecule has 0 saturated carbocycles. The molecule has 5 nitrogen and oxygen atoms in total. The van der Waals surface area contributed by atoms with Crippen molar-refractivity contribution in [1.29, 1.82) is 0 Å². The summed E-state index contributed by atoms with van der Waals surface area (Å²) in [5, 5.41) is 11.7. The number of hydrogen-bond acceptors (Lipinski definition) is 4. The number of aliphatic hydroxyl groups excluding tert-OH is 1. The summed E-state index contributed by atoms with van der Waals surface area (Å²) >= 11 is 0. The van der Waals surface area contributed by atoms with Crippen LogP contribution in [0.25, 0.3) is 0 Å². The lowest BCUT2D eigenvalue weighted by atomic mass is 10.0. The summed E-state index contributed by atoms with van der Waals surface area (Å²) < 4.78 is 5.11. The highest BCUT2D eigenvalue weighted by molar-refractivity contribution is 5.96. The number of hydrogen-bond donors (Lipinski definition) is 2. The topological polar surface area (TPSA) is 71.5 Å². The third kappa shape index (κ3) is 4.65. The molecule has 1 heterocycles. The van der Waals surface area contributed by atoms with E-state index in [1.807, 2.05) is 13.8 Å². The Morgan fingerprint density at radius 3 is 2.90 bits per heavy atom. The van der Waals surface area contributed by atoms with Crippen molar-refractivity contribution in [3.8, 4) is 11.8 Å². The summed E-state index contributed by atoms with van der Waals surface area (Å²) in [6.45, 7) is 4.23. The van der Waals surface area contributed by atoms with Gasteiger partial charge < -0.3 is 15.2 Å². The average molecular weight is 276 g/mol. The van der Waals surface area contributed by atoms with Crippen LogP contribution in [-0.4, -0.2) is 42.4 Å². The van der Waals surface area contributed by atoms with E-state index in [9.17, 15) is 4.79 Å². The zero-order valence-corrected chi connectivity index (χ0v) is 12.0. The van der Waals surface area contributed by atoms with Gasteiger partial charge in [0.2, 0.25) is 0 Å². The molecule has 0 radical (unpaired) electrons. The van der Waals surface area contributed by atoms with Gasteiger partial charge in [-0.15, -0.1) is 0 Å². The highest BCUT2D eigenvalue weighted by Crippen LogP contribution is 2.08. The standard InChI is InChI=1S/C15H20N2O3/c1-11(2)14(10-20-3)17-15(19)13-6-7-16-9-12(13)5-4-8-18/h6-7,9,11,14,18H,8,10H2,1-3H3,(H,17,19). The van der Waals surface area contributed by atoms with E-state index in [1.54, 1.807) is 19.4 Å². The van der Waals surface area contributed by atoms with Crippen molar-refractivity contribution < 1.29 is 14.6 Å². The molecule has 0 saturated heterocycles. The molecule has 0 aliphatic carbocycles. The predicted molar refractivity (Wildman–Crippen MR) is 76.2 cm³/mol. The minimum absolute atomic E-state index is 0.0701. The SMILES string of the molecule is COCC(NC(=O)c1ccncc1C#CCO)C(C)C. The number of aromatic nitrogens is 1. The molecule has 1 aromatic heterocycles. The molecular weight excluding hydrogens is 256 g/mol. The normalized spacial score (nSPS) is 11.7. The van der Waals surface area contributed by atoms with Crippen LogP contribution in [0.4, 0.5) is 0 Å². The highest BCUT2D eigenvalue weighted by atomic mass is 16.5. The van der Waals surface area contributed by atoms with E-state index in [1.165, 1.54) is 6.20 Å². The monoisotopic (exact) mass is 276 g/mol. The maximum Gasteiger partial charge on any atom is 0.252 e. The summed E-state index contributed by atoms with van der Waals surface area (Å²) in [4.78, 5) is 16.2. The molecule has 0 aromatic carbocycles. The van der Waals surface area contributed by atoms with Crippen molar-refractivity contribution in [2.24, 2.45) is 5.92 Å². The Morgan fingerprint density at radius 1 is 1.55 bits per heavy atom. The first-order valence-electron chi connectivity index (χ1n) is 6.43. The molecule has 0 spiro atoms. The molecule has 0 aliphatic rings. The molecule has 1 atom stereocenters. The van der Waals surface area contributed by atoms with Crippen molar-refractivity contribution in [3.05, 3.63) is 29.6 Å². The number of methoxy groups -OCH3 is 1. The first kappa shape index (κ1) is 16.2. The molecule has 0 aliphatic heterocycles. The van der Waals surface area contributed by atoms with E-state index in [-0.39, 0.29) is 24.5 Å². The van der Waals surface area contributed by atoms with E-state index in [4.69, 9.17) is 9.84 Å². The van der Waals surface area contributed by atoms with E-state index in [2.05, 4.69) is 22.1 Å². The fraction of sp³-hybridized carbons (Fsp3) is 0.467. The predicted octanol–water partition coefficient (Wildman–Crippen LogP) is 0.826. The number of nitrogens with zero attached hydrogens (tertiary/aromatic N) is 1. The van der Waals surface area contributed by atoms with E-state index in [0.717, 1.165) is 0 Å². The number of carbonyl (C=O) groups excluding carboxylic acids is 1. The number of ether oxygens (including phenoxy) is 1. The van der Waals surface area contributed by atoms with Gasteiger partial charge in [-0.2, -0.15) is 0 Å². The van der Waals surface area contributed by atoms with Crippen LogP contribution in [0.15, 0.2) is 18.5 Å². The van der Waals surface area contributed by atoms with Crippen LogP contribution in [0.3, 0.4) is 0 Å². The number of nitrogens with one attached hydrogen (secondary N) is 1. The van der Waals surface area contributed by atoms with Crippen LogP contribution in [0, 0.1) is 17.8 Å². The number of pyridine rings is 1. The van der Waals surface area contributed by atoms with Gasteiger partial charge in [-0.3, -0.25) is 9.78 Å². The number of aliphatic hydroxyl groups is 1. The largest absolute Gasteiger partial charge is 0.384 e. The molecule has 0 fully saturated rings. The van der Waals surface area contributed by atoms with Crippen molar-refractivity contribution >= 4 is 5.91 Å². The van der Waals surface area contributed by atoms with Crippen molar-refractivity contribution in [2.75, 3.05) is 20.3 Å².